The van der Waals surface area contributed by atoms with Gasteiger partial charge in [0.05, 0.1) is 36.6 Å². The van der Waals surface area contributed by atoms with Gasteiger partial charge in [-0.3, -0.25) is 9.36 Å². The maximum Gasteiger partial charge on any atom is 0.338 e. The molecule has 1 aliphatic rings. The number of halogens is 2. The lowest BCUT2D eigenvalue weighted by atomic mass is 9.95. The molecule has 11 heteroatoms. The number of allylic oxidation sites excluding steroid dienone is 1. The third-order valence-corrected chi connectivity index (χ3v) is 8.51. The minimum atomic E-state index is -0.840. The van der Waals surface area contributed by atoms with Crippen molar-refractivity contribution in [3.05, 3.63) is 99.8 Å². The second-order valence-electron chi connectivity index (χ2n) is 8.74. The van der Waals surface area contributed by atoms with Crippen molar-refractivity contribution in [2.24, 2.45) is 4.99 Å². The Morgan fingerprint density at radius 1 is 1.12 bits per heavy atom. The van der Waals surface area contributed by atoms with Crippen LogP contribution < -0.4 is 24.4 Å². The highest BCUT2D eigenvalue weighted by molar-refractivity contribution is 9.11. The van der Waals surface area contributed by atoms with Gasteiger partial charge in [-0.1, -0.05) is 43.2 Å². The number of hydrogen-bond acceptors (Lipinski definition) is 8. The third-order valence-electron chi connectivity index (χ3n) is 6.34. The first-order valence-electron chi connectivity index (χ1n) is 12.2. The van der Waals surface area contributed by atoms with Gasteiger partial charge in [0.1, 0.15) is 29.1 Å². The van der Waals surface area contributed by atoms with E-state index in [1.54, 1.807) is 51.3 Å². The molecular formula is C29H24Br2N2O6S. The van der Waals surface area contributed by atoms with Gasteiger partial charge in [-0.25, -0.2) is 9.79 Å². The minimum absolute atomic E-state index is 0.178. The van der Waals surface area contributed by atoms with Crippen molar-refractivity contribution in [3.8, 4) is 22.8 Å². The largest absolute Gasteiger partial charge is 0.497 e. The number of hydrogen-bond donors (Lipinski definition) is 0. The molecule has 0 saturated carbocycles. The molecular weight excluding hydrogens is 664 g/mol. The Hall–Kier alpha value is -3.41. The quantitative estimate of drug-likeness (QED) is 0.235. The van der Waals surface area contributed by atoms with E-state index in [9.17, 15) is 9.59 Å². The number of aromatic nitrogens is 1. The van der Waals surface area contributed by atoms with E-state index in [1.165, 1.54) is 23.0 Å². The molecule has 0 bridgehead atoms. The van der Waals surface area contributed by atoms with Gasteiger partial charge in [0.25, 0.3) is 5.56 Å². The van der Waals surface area contributed by atoms with Crippen LogP contribution in [-0.4, -0.2) is 31.4 Å². The van der Waals surface area contributed by atoms with E-state index < -0.39 is 12.0 Å². The number of rotatable bonds is 7. The average Bonchev–Trinajstić information content (AvgIpc) is 3.53. The van der Waals surface area contributed by atoms with E-state index in [0.717, 1.165) is 14.5 Å². The van der Waals surface area contributed by atoms with Crippen LogP contribution in [0.15, 0.2) is 83.0 Å². The van der Waals surface area contributed by atoms with Crippen molar-refractivity contribution in [3.63, 3.8) is 0 Å². The number of ether oxygens (including phenoxy) is 3. The number of benzene rings is 2. The van der Waals surface area contributed by atoms with Crippen LogP contribution in [0.1, 0.15) is 31.2 Å². The molecule has 2 aromatic carbocycles. The molecule has 0 saturated heterocycles. The van der Waals surface area contributed by atoms with Gasteiger partial charge < -0.3 is 18.6 Å². The fourth-order valence-corrected chi connectivity index (χ4v) is 6.36. The van der Waals surface area contributed by atoms with Crippen molar-refractivity contribution < 1.29 is 23.4 Å². The SMILES string of the molecule is CCOC(=O)C1=C(C)N=c2s/c(=C/c3ccc(-c4cc(Br)ccc4Br)o3)c(=O)n2[C@@H]1c1cc(OC)ccc1OC. The zero-order chi connectivity index (χ0) is 28.6. The van der Waals surface area contributed by atoms with Crippen LogP contribution in [-0.2, 0) is 9.53 Å². The van der Waals surface area contributed by atoms with Gasteiger partial charge in [-0.05, 0) is 62.4 Å². The Morgan fingerprint density at radius 3 is 2.65 bits per heavy atom. The summed E-state index contributed by atoms with van der Waals surface area (Å²) in [7, 11) is 3.09. The summed E-state index contributed by atoms with van der Waals surface area (Å²) in [6.07, 6.45) is 1.68. The van der Waals surface area contributed by atoms with Crippen LogP contribution in [0, 0.1) is 0 Å². The summed E-state index contributed by atoms with van der Waals surface area (Å²) in [4.78, 5) is 32.2. The van der Waals surface area contributed by atoms with Gasteiger partial charge in [-0.2, -0.15) is 0 Å². The molecule has 0 radical (unpaired) electrons. The first kappa shape index (κ1) is 28.1. The van der Waals surface area contributed by atoms with Crippen LogP contribution in [0.3, 0.4) is 0 Å². The summed E-state index contributed by atoms with van der Waals surface area (Å²) in [5, 5.41) is 0. The highest BCUT2D eigenvalue weighted by atomic mass is 79.9. The van der Waals surface area contributed by atoms with Crippen molar-refractivity contribution in [2.45, 2.75) is 19.9 Å². The van der Waals surface area contributed by atoms with Crippen LogP contribution in [0.5, 0.6) is 11.5 Å². The summed E-state index contributed by atoms with van der Waals surface area (Å²) in [6, 6.07) is 13.9. The second kappa shape index (κ2) is 11.6. The van der Waals surface area contributed by atoms with Gasteiger partial charge in [0, 0.05) is 26.1 Å². The van der Waals surface area contributed by atoms with E-state index >= 15 is 0 Å². The molecule has 8 nitrogen and oxygen atoms in total. The number of methoxy groups -OCH3 is 2. The summed E-state index contributed by atoms with van der Waals surface area (Å²) in [5.41, 5.74) is 1.84. The molecule has 1 atom stereocenters. The maximum atomic E-state index is 13.9. The monoisotopic (exact) mass is 686 g/mol. The number of thiazole rings is 1. The van der Waals surface area contributed by atoms with Crippen molar-refractivity contribution in [1.29, 1.82) is 0 Å². The maximum absolute atomic E-state index is 13.9. The third kappa shape index (κ3) is 5.21. The fourth-order valence-electron chi connectivity index (χ4n) is 4.53. The average molecular weight is 688 g/mol. The summed E-state index contributed by atoms with van der Waals surface area (Å²) >= 11 is 8.27. The van der Waals surface area contributed by atoms with Crippen LogP contribution in [0.4, 0.5) is 0 Å². The summed E-state index contributed by atoms with van der Waals surface area (Å²) < 4.78 is 26.3. The molecule has 3 heterocycles. The summed E-state index contributed by atoms with van der Waals surface area (Å²) in [5.74, 6) is 1.64. The molecule has 4 aromatic rings. The van der Waals surface area contributed by atoms with E-state index in [2.05, 4.69) is 36.9 Å². The van der Waals surface area contributed by atoms with Crippen molar-refractivity contribution in [1.82, 2.24) is 4.57 Å². The van der Waals surface area contributed by atoms with E-state index in [-0.39, 0.29) is 17.7 Å². The molecule has 0 N–H and O–H groups in total. The van der Waals surface area contributed by atoms with E-state index in [1.807, 2.05) is 24.3 Å². The number of carbonyl (C=O) groups is 1. The lowest BCUT2D eigenvalue weighted by Crippen LogP contribution is -2.40. The number of fused-ring (bicyclic) bond motifs is 1. The first-order chi connectivity index (χ1) is 19.2. The minimum Gasteiger partial charge on any atom is -0.497 e. The van der Waals surface area contributed by atoms with Crippen LogP contribution in [0.2, 0.25) is 0 Å². The molecule has 5 rings (SSSR count). The smallest absolute Gasteiger partial charge is 0.338 e. The Kier molecular flexibility index (Phi) is 8.16. The number of furan rings is 1. The van der Waals surface area contributed by atoms with Crippen LogP contribution >= 0.6 is 43.2 Å². The molecule has 0 aliphatic carbocycles. The molecule has 2 aromatic heterocycles. The first-order valence-corrected chi connectivity index (χ1v) is 14.6. The number of nitrogens with zero attached hydrogens (tertiary/aromatic N) is 2. The van der Waals surface area contributed by atoms with Gasteiger partial charge >= 0.3 is 5.97 Å². The topological polar surface area (TPSA) is 92.3 Å². The highest BCUT2D eigenvalue weighted by Crippen LogP contribution is 2.38. The second-order valence-corrected chi connectivity index (χ2v) is 11.5. The standard InChI is InChI=1S/C29H24Br2N2O6S/c1-5-38-28(35)25-15(2)32-29-33(26(25)20-13-17(36-3)7-10-22(20)37-4)27(34)24(40-29)14-18-8-11-23(39-18)19-12-16(30)6-9-21(19)31/h6-14,26H,5H2,1-4H3/b24-14+/t26-/m1/s1. The zero-order valence-corrected chi connectivity index (χ0v) is 26.0. The highest BCUT2D eigenvalue weighted by Gasteiger charge is 2.35. The van der Waals surface area contributed by atoms with Gasteiger partial charge in [0.15, 0.2) is 4.80 Å². The van der Waals surface area contributed by atoms with E-state index in [4.69, 9.17) is 18.6 Å². The van der Waals surface area contributed by atoms with Gasteiger partial charge in [-0.15, -0.1) is 0 Å². The lowest BCUT2D eigenvalue weighted by molar-refractivity contribution is -0.139. The predicted octanol–water partition coefficient (Wildman–Crippen LogP) is 5.60. The van der Waals surface area contributed by atoms with Gasteiger partial charge in [0.2, 0.25) is 0 Å². The molecule has 0 fully saturated rings. The Morgan fingerprint density at radius 2 is 1.93 bits per heavy atom. The molecule has 0 amide bonds. The number of carbonyl (C=O) groups excluding carboxylic acids is 1. The molecule has 40 heavy (non-hydrogen) atoms. The fraction of sp³-hybridized carbons (Fsp3) is 0.207. The molecule has 0 spiro atoms. The Labute approximate surface area is 250 Å². The predicted molar refractivity (Wildman–Crippen MR) is 159 cm³/mol. The van der Waals surface area contributed by atoms with Crippen LogP contribution in [0.25, 0.3) is 17.4 Å². The zero-order valence-electron chi connectivity index (χ0n) is 22.0. The van der Waals surface area contributed by atoms with Crippen molar-refractivity contribution in [2.75, 3.05) is 20.8 Å². The molecule has 1 aliphatic heterocycles. The molecule has 206 valence electrons. The lowest BCUT2D eigenvalue weighted by Gasteiger charge is -2.26. The summed E-state index contributed by atoms with van der Waals surface area (Å²) in [6.45, 7) is 3.64. The normalized spacial score (nSPS) is 15.1. The Balaban J connectivity index is 1.69. The molecule has 0 unspecified atom stereocenters. The van der Waals surface area contributed by atoms with E-state index in [0.29, 0.717) is 43.6 Å². The Bertz CT molecular complexity index is 1840. The van der Waals surface area contributed by atoms with Crippen molar-refractivity contribution >= 4 is 55.2 Å². The number of esters is 1.